The van der Waals surface area contributed by atoms with Gasteiger partial charge in [0, 0.05) is 28.0 Å². The van der Waals surface area contributed by atoms with Crippen LogP contribution in [0.15, 0.2) is 47.6 Å². The molecule has 3 nitrogen and oxygen atoms in total. The lowest BCUT2D eigenvalue weighted by atomic mass is 9.95. The number of aliphatic imine (C=N–C) groups is 1. The van der Waals surface area contributed by atoms with Crippen molar-refractivity contribution in [2.45, 2.75) is 31.5 Å². The fraction of sp³-hybridized carbons (Fsp3) is 0.333. The Balaban J connectivity index is 1.82. The zero-order valence-corrected chi connectivity index (χ0v) is 15.5. The number of rotatable bonds is 3. The van der Waals surface area contributed by atoms with Crippen molar-refractivity contribution in [1.29, 1.82) is 0 Å². The van der Waals surface area contributed by atoms with E-state index in [9.17, 15) is 0 Å². The van der Waals surface area contributed by atoms with Crippen LogP contribution in [-0.4, -0.2) is 26.8 Å². The highest BCUT2D eigenvalue weighted by molar-refractivity contribution is 8.14. The van der Waals surface area contributed by atoms with E-state index in [1.165, 1.54) is 0 Å². The lowest BCUT2D eigenvalue weighted by Crippen LogP contribution is -2.35. The lowest BCUT2D eigenvalue weighted by molar-refractivity contribution is 0.255. The largest absolute Gasteiger partial charge is 0.338 e. The summed E-state index contributed by atoms with van der Waals surface area (Å²) in [5.41, 5.74) is 2.04. The smallest absolute Gasteiger partial charge is 0.160 e. The summed E-state index contributed by atoms with van der Waals surface area (Å²) in [7, 11) is 0. The van der Waals surface area contributed by atoms with Crippen LogP contribution in [0.2, 0.25) is 10.0 Å². The quantitative estimate of drug-likeness (QED) is 0.719. The predicted octanol–water partition coefficient (Wildman–Crippen LogP) is 5.37. The van der Waals surface area contributed by atoms with E-state index in [-0.39, 0.29) is 12.1 Å². The molecule has 3 heterocycles. The minimum absolute atomic E-state index is 0.0401. The molecule has 2 aliphatic heterocycles. The van der Waals surface area contributed by atoms with Gasteiger partial charge in [-0.1, -0.05) is 54.0 Å². The SMILES string of the molecule is CC[C@@H]1CSC2=N[C@H](c3ccccn3)[C@@H](c3ccc(Cl)cc3Cl)N21. The van der Waals surface area contributed by atoms with Gasteiger partial charge in [0.05, 0.1) is 11.7 Å². The number of halogens is 2. The summed E-state index contributed by atoms with van der Waals surface area (Å²) < 4.78 is 0. The van der Waals surface area contributed by atoms with Crippen LogP contribution >= 0.6 is 35.0 Å². The summed E-state index contributed by atoms with van der Waals surface area (Å²) in [5.74, 6) is 1.08. The molecule has 1 aromatic heterocycles. The Morgan fingerprint density at radius 2 is 2.12 bits per heavy atom. The molecule has 24 heavy (non-hydrogen) atoms. The summed E-state index contributed by atoms with van der Waals surface area (Å²) in [6.45, 7) is 2.22. The molecule has 0 spiro atoms. The first kappa shape index (κ1) is 16.2. The lowest BCUT2D eigenvalue weighted by Gasteiger charge is -2.32. The third kappa shape index (κ3) is 2.71. The van der Waals surface area contributed by atoms with Crippen molar-refractivity contribution in [2.24, 2.45) is 4.99 Å². The number of benzene rings is 1. The fourth-order valence-electron chi connectivity index (χ4n) is 3.43. The Morgan fingerprint density at radius 1 is 1.25 bits per heavy atom. The van der Waals surface area contributed by atoms with Crippen molar-refractivity contribution in [1.82, 2.24) is 9.88 Å². The van der Waals surface area contributed by atoms with Gasteiger partial charge in [-0.3, -0.25) is 9.98 Å². The number of nitrogens with zero attached hydrogens (tertiary/aromatic N) is 3. The molecule has 124 valence electrons. The standard InChI is InChI=1S/C18H17Cl2N3S/c1-2-12-10-24-18-22-16(15-5-3-4-8-21-15)17(23(12)18)13-7-6-11(19)9-14(13)20/h3-9,12,16-17H,2,10H2,1H3/t12-,16-,17-/m1/s1. The second kappa shape index (κ2) is 6.58. The van der Waals surface area contributed by atoms with Crippen molar-refractivity contribution >= 4 is 40.1 Å². The zero-order valence-electron chi connectivity index (χ0n) is 13.2. The van der Waals surface area contributed by atoms with E-state index in [0.717, 1.165) is 28.6 Å². The molecule has 1 aromatic carbocycles. The fourth-order valence-corrected chi connectivity index (χ4v) is 5.29. The van der Waals surface area contributed by atoms with Crippen molar-refractivity contribution in [3.05, 3.63) is 63.9 Å². The molecule has 0 radical (unpaired) electrons. The van der Waals surface area contributed by atoms with Gasteiger partial charge >= 0.3 is 0 Å². The van der Waals surface area contributed by atoms with Gasteiger partial charge in [0.1, 0.15) is 6.04 Å². The average Bonchev–Trinajstić information content (AvgIpc) is 3.15. The minimum atomic E-state index is -0.0401. The molecule has 3 atom stereocenters. The van der Waals surface area contributed by atoms with Crippen molar-refractivity contribution in [3.8, 4) is 0 Å². The predicted molar refractivity (Wildman–Crippen MR) is 102 cm³/mol. The molecule has 6 heteroatoms. The molecule has 0 amide bonds. The first-order valence-corrected chi connectivity index (χ1v) is 9.78. The van der Waals surface area contributed by atoms with Gasteiger partial charge in [0.15, 0.2) is 5.17 Å². The van der Waals surface area contributed by atoms with Crippen LogP contribution in [0.5, 0.6) is 0 Å². The summed E-state index contributed by atoms with van der Waals surface area (Å²) in [5, 5.41) is 2.45. The van der Waals surface area contributed by atoms with E-state index >= 15 is 0 Å². The number of thioether (sulfide) groups is 1. The van der Waals surface area contributed by atoms with E-state index in [2.05, 4.69) is 16.8 Å². The van der Waals surface area contributed by atoms with Gasteiger partial charge in [0.25, 0.3) is 0 Å². The highest BCUT2D eigenvalue weighted by Gasteiger charge is 2.46. The van der Waals surface area contributed by atoms with Gasteiger partial charge in [-0.25, -0.2) is 0 Å². The van der Waals surface area contributed by atoms with Gasteiger partial charge in [0.2, 0.25) is 0 Å². The number of fused-ring (bicyclic) bond motifs is 1. The van der Waals surface area contributed by atoms with Crippen molar-refractivity contribution < 1.29 is 0 Å². The summed E-state index contributed by atoms with van der Waals surface area (Å²) >= 11 is 14.5. The van der Waals surface area contributed by atoms with Gasteiger partial charge < -0.3 is 4.90 Å². The Bertz CT molecular complexity index is 781. The first-order chi connectivity index (χ1) is 11.7. The average molecular weight is 378 g/mol. The molecule has 0 aliphatic carbocycles. The highest BCUT2D eigenvalue weighted by Crippen LogP contribution is 2.50. The normalized spacial score (nSPS) is 25.7. The van der Waals surface area contributed by atoms with Gasteiger partial charge in [-0.05, 0) is 36.2 Å². The zero-order chi connectivity index (χ0) is 16.7. The molecule has 1 saturated heterocycles. The van der Waals surface area contributed by atoms with E-state index in [4.69, 9.17) is 28.2 Å². The molecule has 0 bridgehead atoms. The third-order valence-electron chi connectivity index (χ3n) is 4.61. The molecule has 2 aromatic rings. The maximum atomic E-state index is 6.55. The Labute approximate surface area is 156 Å². The van der Waals surface area contributed by atoms with Crippen LogP contribution in [0.25, 0.3) is 0 Å². The highest BCUT2D eigenvalue weighted by atomic mass is 35.5. The van der Waals surface area contributed by atoms with Crippen LogP contribution in [-0.2, 0) is 0 Å². The molecule has 4 rings (SSSR count). The number of hydrogen-bond acceptors (Lipinski definition) is 4. The van der Waals surface area contributed by atoms with E-state index in [1.807, 2.05) is 54.4 Å². The van der Waals surface area contributed by atoms with E-state index in [0.29, 0.717) is 16.1 Å². The summed E-state index contributed by atoms with van der Waals surface area (Å²) in [6, 6.07) is 12.2. The molecule has 0 N–H and O–H groups in total. The first-order valence-electron chi connectivity index (χ1n) is 8.04. The van der Waals surface area contributed by atoms with Crippen LogP contribution in [0.3, 0.4) is 0 Å². The maximum Gasteiger partial charge on any atom is 0.160 e. The van der Waals surface area contributed by atoms with Gasteiger partial charge in [-0.2, -0.15) is 0 Å². The molecule has 1 fully saturated rings. The van der Waals surface area contributed by atoms with E-state index < -0.39 is 0 Å². The summed E-state index contributed by atoms with van der Waals surface area (Å²) in [4.78, 5) is 12.0. The second-order valence-electron chi connectivity index (χ2n) is 6.00. The number of amidine groups is 1. The molecule has 0 saturated carbocycles. The van der Waals surface area contributed by atoms with Crippen LogP contribution < -0.4 is 0 Å². The topological polar surface area (TPSA) is 28.5 Å². The Hall–Kier alpha value is -1.23. The molecular formula is C18H17Cl2N3S. The summed E-state index contributed by atoms with van der Waals surface area (Å²) in [6.07, 6.45) is 2.91. The number of aromatic nitrogens is 1. The maximum absolute atomic E-state index is 6.55. The van der Waals surface area contributed by atoms with Crippen molar-refractivity contribution in [2.75, 3.05) is 5.75 Å². The van der Waals surface area contributed by atoms with E-state index in [1.54, 1.807) is 0 Å². The van der Waals surface area contributed by atoms with Crippen LogP contribution in [0.4, 0.5) is 0 Å². The monoisotopic (exact) mass is 377 g/mol. The number of hydrogen-bond donors (Lipinski definition) is 0. The molecular weight excluding hydrogens is 361 g/mol. The third-order valence-corrected chi connectivity index (χ3v) is 6.30. The van der Waals surface area contributed by atoms with Crippen LogP contribution in [0, 0.1) is 0 Å². The van der Waals surface area contributed by atoms with Crippen LogP contribution in [0.1, 0.15) is 36.7 Å². The second-order valence-corrected chi connectivity index (χ2v) is 7.83. The Kier molecular flexibility index (Phi) is 4.46. The molecule has 2 aliphatic rings. The number of pyridine rings is 1. The Morgan fingerprint density at radius 3 is 2.83 bits per heavy atom. The minimum Gasteiger partial charge on any atom is -0.338 e. The molecule has 0 unspecified atom stereocenters. The van der Waals surface area contributed by atoms with Gasteiger partial charge in [-0.15, -0.1) is 0 Å². The van der Waals surface area contributed by atoms with Crippen molar-refractivity contribution in [3.63, 3.8) is 0 Å².